The maximum Gasteiger partial charge on any atom is 0.408 e. The van der Waals surface area contributed by atoms with Gasteiger partial charge in [0.15, 0.2) is 23.5 Å². The van der Waals surface area contributed by atoms with Gasteiger partial charge in [0.25, 0.3) is 0 Å². The van der Waals surface area contributed by atoms with Crippen molar-refractivity contribution < 1.29 is 33.3 Å². The van der Waals surface area contributed by atoms with Crippen LogP contribution in [0.5, 0.6) is 0 Å². The SMILES string of the molecule is CN(CC[C@H](NC(=O)OC(C)(C)C)C(=O)OC(C)(C)C)C[C@H]1O[C@@H](n2cnc3c(N)ncnc32)[C@@H]2OC(C)(C)O[C@@H]21. The normalized spacial score (nSPS) is 24.8. The van der Waals surface area contributed by atoms with Crippen molar-refractivity contribution in [2.45, 2.75) is 109 Å². The number of hydrogen-bond acceptors (Lipinski definition) is 12. The average molecular weight is 578 g/mol. The van der Waals surface area contributed by atoms with E-state index in [0.717, 1.165) is 0 Å². The van der Waals surface area contributed by atoms with Gasteiger partial charge in [-0.05, 0) is 68.9 Å². The fraction of sp³-hybridized carbons (Fsp3) is 0.741. The Morgan fingerprint density at radius 2 is 1.76 bits per heavy atom. The van der Waals surface area contributed by atoms with Crippen molar-refractivity contribution >= 4 is 29.0 Å². The molecule has 41 heavy (non-hydrogen) atoms. The fourth-order valence-electron chi connectivity index (χ4n) is 4.91. The molecule has 228 valence electrons. The van der Waals surface area contributed by atoms with Crippen molar-refractivity contribution in [3.8, 4) is 0 Å². The number of nitrogen functional groups attached to an aromatic ring is 1. The Hall–Kier alpha value is -3.07. The molecule has 0 spiro atoms. The highest BCUT2D eigenvalue weighted by molar-refractivity contribution is 5.82. The minimum Gasteiger partial charge on any atom is -0.458 e. The minimum absolute atomic E-state index is 0.281. The molecule has 0 unspecified atom stereocenters. The predicted octanol–water partition coefficient (Wildman–Crippen LogP) is 2.38. The number of anilines is 1. The van der Waals surface area contributed by atoms with E-state index in [1.165, 1.54) is 6.33 Å². The number of esters is 1. The van der Waals surface area contributed by atoms with E-state index >= 15 is 0 Å². The van der Waals surface area contributed by atoms with E-state index < -0.39 is 47.4 Å². The lowest BCUT2D eigenvalue weighted by Crippen LogP contribution is -2.48. The monoisotopic (exact) mass is 577 g/mol. The van der Waals surface area contributed by atoms with Gasteiger partial charge in [0.1, 0.15) is 47.4 Å². The van der Waals surface area contributed by atoms with Gasteiger partial charge >= 0.3 is 12.1 Å². The summed E-state index contributed by atoms with van der Waals surface area (Å²) >= 11 is 0. The van der Waals surface area contributed by atoms with Crippen LogP contribution in [0.25, 0.3) is 11.2 Å². The number of alkyl carbamates (subject to hydrolysis) is 1. The molecule has 0 aliphatic carbocycles. The van der Waals surface area contributed by atoms with Gasteiger partial charge in [-0.2, -0.15) is 0 Å². The second kappa shape index (κ2) is 11.3. The van der Waals surface area contributed by atoms with Gasteiger partial charge in [-0.1, -0.05) is 0 Å². The van der Waals surface area contributed by atoms with Gasteiger partial charge in [0.05, 0.1) is 6.33 Å². The van der Waals surface area contributed by atoms with Gasteiger partial charge < -0.3 is 39.6 Å². The van der Waals surface area contributed by atoms with Crippen molar-refractivity contribution in [2.24, 2.45) is 0 Å². The molecule has 0 bridgehead atoms. The number of fused-ring (bicyclic) bond motifs is 2. The first-order valence-electron chi connectivity index (χ1n) is 13.8. The van der Waals surface area contributed by atoms with Gasteiger partial charge in [-0.25, -0.2) is 24.5 Å². The van der Waals surface area contributed by atoms with E-state index in [4.69, 9.17) is 29.4 Å². The Kier molecular flexibility index (Phi) is 8.52. The number of hydrogen-bond donors (Lipinski definition) is 2. The number of rotatable bonds is 8. The van der Waals surface area contributed by atoms with Crippen LogP contribution >= 0.6 is 0 Å². The van der Waals surface area contributed by atoms with Crippen LogP contribution in [0.1, 0.15) is 68.0 Å². The Morgan fingerprint density at radius 3 is 2.41 bits per heavy atom. The molecule has 14 heteroatoms. The molecule has 0 saturated carbocycles. The summed E-state index contributed by atoms with van der Waals surface area (Å²) in [6, 6.07) is -0.899. The molecule has 2 aliphatic heterocycles. The van der Waals surface area contributed by atoms with Gasteiger partial charge in [0, 0.05) is 13.1 Å². The summed E-state index contributed by atoms with van der Waals surface area (Å²) in [4.78, 5) is 40.2. The second-order valence-corrected chi connectivity index (χ2v) is 13.0. The number of imidazole rings is 1. The molecule has 4 heterocycles. The maximum absolute atomic E-state index is 12.9. The number of likely N-dealkylation sites (N-methyl/N-ethyl adjacent to an activating group) is 1. The summed E-state index contributed by atoms with van der Waals surface area (Å²) in [5.41, 5.74) is 5.59. The highest BCUT2D eigenvalue weighted by Gasteiger charge is 2.56. The van der Waals surface area contributed by atoms with Gasteiger partial charge in [-0.15, -0.1) is 0 Å². The van der Waals surface area contributed by atoms with E-state index in [-0.39, 0.29) is 18.0 Å². The standard InChI is InChI=1S/C27H43N7O7/c1-25(2,3)40-23(35)15(32-24(36)41-26(4,5)6)10-11-33(9)12-16-18-19(39-27(7,8)38-18)22(37-16)34-14-31-17-20(28)29-13-30-21(17)34/h13-16,18-19,22H,10-12H2,1-9H3,(H,32,36)(H2,28,29,30)/t15-,16+,18+,19+,22+/m0/s1. The molecular weight excluding hydrogens is 534 g/mol. The molecule has 3 N–H and O–H groups in total. The first kappa shape index (κ1) is 30.9. The summed E-state index contributed by atoms with van der Waals surface area (Å²) < 4.78 is 31.7. The summed E-state index contributed by atoms with van der Waals surface area (Å²) in [6.45, 7) is 15.3. The first-order chi connectivity index (χ1) is 18.9. The largest absolute Gasteiger partial charge is 0.458 e. The summed E-state index contributed by atoms with van der Waals surface area (Å²) in [5, 5.41) is 2.67. The smallest absolute Gasteiger partial charge is 0.408 e. The summed E-state index contributed by atoms with van der Waals surface area (Å²) in [7, 11) is 1.91. The molecule has 0 radical (unpaired) electrons. The number of ether oxygens (including phenoxy) is 5. The van der Waals surface area contributed by atoms with E-state index in [2.05, 4.69) is 20.3 Å². The fourth-order valence-corrected chi connectivity index (χ4v) is 4.91. The van der Waals surface area contributed by atoms with Crippen LogP contribution in [0.15, 0.2) is 12.7 Å². The predicted molar refractivity (Wildman–Crippen MR) is 149 cm³/mol. The number of carbonyl (C=O) groups is 2. The molecule has 2 saturated heterocycles. The van der Waals surface area contributed by atoms with Gasteiger partial charge in [-0.3, -0.25) is 4.57 Å². The van der Waals surface area contributed by atoms with E-state index in [1.54, 1.807) is 52.4 Å². The highest BCUT2D eigenvalue weighted by atomic mass is 16.8. The molecular formula is C27H43N7O7. The molecule has 2 aromatic heterocycles. The highest BCUT2D eigenvalue weighted by Crippen LogP contribution is 2.44. The van der Waals surface area contributed by atoms with Crippen LogP contribution in [0.3, 0.4) is 0 Å². The van der Waals surface area contributed by atoms with Crippen LogP contribution in [0, 0.1) is 0 Å². The number of carbonyl (C=O) groups excluding carboxylic acids is 2. The molecule has 2 aromatic rings. The topological polar surface area (TPSA) is 165 Å². The van der Waals surface area contributed by atoms with Crippen LogP contribution in [-0.2, 0) is 28.5 Å². The van der Waals surface area contributed by atoms with Crippen molar-refractivity contribution in [3.05, 3.63) is 12.7 Å². The zero-order valence-corrected chi connectivity index (χ0v) is 25.3. The summed E-state index contributed by atoms with van der Waals surface area (Å²) in [5.74, 6) is -1.06. The number of nitrogens with zero attached hydrogens (tertiary/aromatic N) is 5. The van der Waals surface area contributed by atoms with E-state index in [0.29, 0.717) is 30.7 Å². The lowest BCUT2D eigenvalue weighted by Gasteiger charge is -2.29. The van der Waals surface area contributed by atoms with Crippen molar-refractivity contribution in [3.63, 3.8) is 0 Å². The van der Waals surface area contributed by atoms with Crippen molar-refractivity contribution in [1.82, 2.24) is 29.7 Å². The maximum atomic E-state index is 12.9. The quantitative estimate of drug-likeness (QED) is 0.441. The third-order valence-corrected chi connectivity index (χ3v) is 6.46. The van der Waals surface area contributed by atoms with Crippen molar-refractivity contribution in [2.75, 3.05) is 25.9 Å². The lowest BCUT2D eigenvalue weighted by atomic mass is 10.1. The van der Waals surface area contributed by atoms with Crippen LogP contribution in [0.4, 0.5) is 10.6 Å². The third kappa shape index (κ3) is 7.61. The van der Waals surface area contributed by atoms with Crippen LogP contribution in [-0.4, -0.2) is 98.0 Å². The van der Waals surface area contributed by atoms with Crippen LogP contribution in [0.2, 0.25) is 0 Å². The Labute approximate surface area is 240 Å². The third-order valence-electron chi connectivity index (χ3n) is 6.46. The van der Waals surface area contributed by atoms with Gasteiger partial charge in [0.2, 0.25) is 0 Å². The van der Waals surface area contributed by atoms with Crippen molar-refractivity contribution in [1.29, 1.82) is 0 Å². The molecule has 2 aliphatic rings. The first-order valence-corrected chi connectivity index (χ1v) is 13.8. The molecule has 14 nitrogen and oxygen atoms in total. The summed E-state index contributed by atoms with van der Waals surface area (Å²) in [6.07, 6.45) is 0.907. The Balaban J connectivity index is 1.45. The molecule has 2 fully saturated rings. The molecule has 0 aromatic carbocycles. The van der Waals surface area contributed by atoms with E-state index in [1.807, 2.05) is 25.8 Å². The number of aromatic nitrogens is 4. The zero-order valence-electron chi connectivity index (χ0n) is 25.3. The molecule has 5 atom stereocenters. The Bertz CT molecular complexity index is 1250. The average Bonchev–Trinajstić information content (AvgIpc) is 3.46. The molecule has 4 rings (SSSR count). The van der Waals surface area contributed by atoms with E-state index in [9.17, 15) is 9.59 Å². The minimum atomic E-state index is -0.899. The second-order valence-electron chi connectivity index (χ2n) is 13.0. The zero-order chi connectivity index (χ0) is 30.3. The lowest BCUT2D eigenvalue weighted by molar-refractivity contribution is -0.197. The number of amides is 1. The number of nitrogens with one attached hydrogen (secondary N) is 1. The molecule has 1 amide bonds. The Morgan fingerprint density at radius 1 is 1.10 bits per heavy atom. The van der Waals surface area contributed by atoms with Crippen LogP contribution < -0.4 is 11.1 Å². The number of nitrogens with two attached hydrogens (primary N) is 1.